The molecule has 72 valence electrons. The Hall–Kier alpha value is -1.62. The maximum Gasteiger partial charge on any atom is 0.267 e. The molecule has 0 amide bonds. The third-order valence-electron chi connectivity index (χ3n) is 1.77. The van der Waals surface area contributed by atoms with Gasteiger partial charge in [-0.25, -0.2) is 4.68 Å². The van der Waals surface area contributed by atoms with Gasteiger partial charge in [0, 0.05) is 10.9 Å². The molecule has 2 aromatic rings. The number of hydrogen-bond donors (Lipinski definition) is 1. The molecule has 0 aliphatic rings. The van der Waals surface area contributed by atoms with Crippen molar-refractivity contribution >= 4 is 17.2 Å². The van der Waals surface area contributed by atoms with Crippen molar-refractivity contribution < 1.29 is 0 Å². The van der Waals surface area contributed by atoms with E-state index in [-0.39, 0.29) is 5.56 Å². The van der Waals surface area contributed by atoms with Crippen molar-refractivity contribution in [2.45, 2.75) is 6.54 Å². The van der Waals surface area contributed by atoms with Crippen molar-refractivity contribution in [3.05, 3.63) is 44.9 Å². The Kier molecular flexibility index (Phi) is 2.32. The normalized spacial score (nSPS) is 10.3. The molecule has 0 atom stereocenters. The Bertz CT molecular complexity index is 475. The summed E-state index contributed by atoms with van der Waals surface area (Å²) in [5.41, 5.74) is 5.36. The zero-order chi connectivity index (χ0) is 9.97. The zero-order valence-electron chi connectivity index (χ0n) is 7.38. The SMILES string of the molecule is Nc1ccc(=O)n(Cc2cccs2)n1. The van der Waals surface area contributed by atoms with Gasteiger partial charge in [0.25, 0.3) is 5.56 Å². The van der Waals surface area contributed by atoms with E-state index in [1.807, 2.05) is 17.5 Å². The first-order valence-corrected chi connectivity index (χ1v) is 5.00. The van der Waals surface area contributed by atoms with Crippen LogP contribution in [0, 0.1) is 0 Å². The van der Waals surface area contributed by atoms with Crippen molar-refractivity contribution in [1.29, 1.82) is 0 Å². The Morgan fingerprint density at radius 3 is 3.00 bits per heavy atom. The molecule has 0 saturated carbocycles. The summed E-state index contributed by atoms with van der Waals surface area (Å²) >= 11 is 1.59. The Morgan fingerprint density at radius 2 is 2.29 bits per heavy atom. The van der Waals surface area contributed by atoms with Gasteiger partial charge in [0.1, 0.15) is 5.82 Å². The molecule has 2 rings (SSSR count). The van der Waals surface area contributed by atoms with Crippen LogP contribution in [0.1, 0.15) is 4.88 Å². The molecule has 0 unspecified atom stereocenters. The van der Waals surface area contributed by atoms with Crippen LogP contribution in [-0.4, -0.2) is 9.78 Å². The number of nitrogens with two attached hydrogens (primary N) is 1. The standard InChI is InChI=1S/C9H9N3OS/c10-8-3-4-9(13)12(11-8)6-7-2-1-5-14-7/h1-5H,6H2,(H2,10,11). The minimum Gasteiger partial charge on any atom is -0.382 e. The van der Waals surface area contributed by atoms with Crippen LogP contribution in [0.4, 0.5) is 5.82 Å². The quantitative estimate of drug-likeness (QED) is 0.797. The van der Waals surface area contributed by atoms with Crippen LogP contribution in [0.15, 0.2) is 34.4 Å². The van der Waals surface area contributed by atoms with E-state index in [1.165, 1.54) is 16.8 Å². The van der Waals surface area contributed by atoms with E-state index in [2.05, 4.69) is 5.10 Å². The molecule has 0 aromatic carbocycles. The fraction of sp³-hybridized carbons (Fsp3) is 0.111. The van der Waals surface area contributed by atoms with Gasteiger partial charge in [-0.2, -0.15) is 5.10 Å². The topological polar surface area (TPSA) is 60.9 Å². The summed E-state index contributed by atoms with van der Waals surface area (Å²) in [5.74, 6) is 0.362. The average Bonchev–Trinajstić information content (AvgIpc) is 2.64. The Labute approximate surface area is 84.6 Å². The number of thiophene rings is 1. The number of hydrogen-bond acceptors (Lipinski definition) is 4. The fourth-order valence-corrected chi connectivity index (χ4v) is 1.81. The van der Waals surface area contributed by atoms with Crippen molar-refractivity contribution in [2.75, 3.05) is 5.73 Å². The van der Waals surface area contributed by atoms with Gasteiger partial charge in [0.05, 0.1) is 6.54 Å². The van der Waals surface area contributed by atoms with Crippen LogP contribution < -0.4 is 11.3 Å². The molecule has 2 aromatic heterocycles. The number of aromatic nitrogens is 2. The summed E-state index contributed by atoms with van der Waals surface area (Å²) in [5, 5.41) is 5.90. The van der Waals surface area contributed by atoms with E-state index in [0.29, 0.717) is 12.4 Å². The highest BCUT2D eigenvalue weighted by Gasteiger charge is 2.00. The highest BCUT2D eigenvalue weighted by molar-refractivity contribution is 7.09. The van der Waals surface area contributed by atoms with Gasteiger partial charge in [-0.3, -0.25) is 4.79 Å². The first kappa shape index (κ1) is 8.96. The van der Waals surface area contributed by atoms with E-state index in [0.717, 1.165) is 4.88 Å². The maximum atomic E-state index is 11.3. The van der Waals surface area contributed by atoms with Crippen molar-refractivity contribution in [3.8, 4) is 0 Å². The summed E-state index contributed by atoms with van der Waals surface area (Å²) in [7, 11) is 0. The van der Waals surface area contributed by atoms with Crippen LogP contribution in [0.2, 0.25) is 0 Å². The second-order valence-electron chi connectivity index (χ2n) is 2.83. The lowest BCUT2D eigenvalue weighted by Crippen LogP contribution is -2.22. The van der Waals surface area contributed by atoms with Crippen LogP contribution in [0.3, 0.4) is 0 Å². The predicted octanol–water partition coefficient (Wildman–Crippen LogP) is 0.935. The highest BCUT2D eigenvalue weighted by Crippen LogP contribution is 2.08. The first-order chi connectivity index (χ1) is 6.75. The molecule has 5 heteroatoms. The number of rotatable bonds is 2. The summed E-state index contributed by atoms with van der Waals surface area (Å²) < 4.78 is 1.36. The van der Waals surface area contributed by atoms with E-state index < -0.39 is 0 Å². The van der Waals surface area contributed by atoms with Crippen LogP contribution >= 0.6 is 11.3 Å². The molecular weight excluding hydrogens is 198 g/mol. The molecule has 0 bridgehead atoms. The minimum atomic E-state index is -0.132. The molecule has 4 nitrogen and oxygen atoms in total. The second kappa shape index (κ2) is 3.63. The van der Waals surface area contributed by atoms with Crippen molar-refractivity contribution in [1.82, 2.24) is 9.78 Å². The number of nitrogens with zero attached hydrogens (tertiary/aromatic N) is 2. The molecular formula is C9H9N3OS. The molecule has 0 spiro atoms. The van der Waals surface area contributed by atoms with Crippen LogP contribution in [0.25, 0.3) is 0 Å². The van der Waals surface area contributed by atoms with E-state index in [4.69, 9.17) is 5.73 Å². The third-order valence-corrected chi connectivity index (χ3v) is 2.63. The van der Waals surface area contributed by atoms with Gasteiger partial charge in [-0.1, -0.05) is 6.07 Å². The average molecular weight is 207 g/mol. The fourth-order valence-electron chi connectivity index (χ4n) is 1.13. The van der Waals surface area contributed by atoms with E-state index >= 15 is 0 Å². The molecule has 14 heavy (non-hydrogen) atoms. The lowest BCUT2D eigenvalue weighted by Gasteiger charge is -2.02. The van der Waals surface area contributed by atoms with Gasteiger partial charge in [0.2, 0.25) is 0 Å². The first-order valence-electron chi connectivity index (χ1n) is 4.12. The predicted molar refractivity (Wildman–Crippen MR) is 56.3 cm³/mol. The Balaban J connectivity index is 2.33. The van der Waals surface area contributed by atoms with Crippen LogP contribution in [-0.2, 0) is 6.54 Å². The number of nitrogen functional groups attached to an aromatic ring is 1. The molecule has 0 fully saturated rings. The Morgan fingerprint density at radius 1 is 1.43 bits per heavy atom. The van der Waals surface area contributed by atoms with Gasteiger partial charge in [-0.05, 0) is 17.5 Å². The van der Waals surface area contributed by atoms with Gasteiger partial charge in [-0.15, -0.1) is 11.3 Å². The highest BCUT2D eigenvalue weighted by atomic mass is 32.1. The van der Waals surface area contributed by atoms with Gasteiger partial charge < -0.3 is 5.73 Å². The van der Waals surface area contributed by atoms with Crippen molar-refractivity contribution in [2.24, 2.45) is 0 Å². The smallest absolute Gasteiger partial charge is 0.267 e. The second-order valence-corrected chi connectivity index (χ2v) is 3.87. The summed E-state index contributed by atoms with van der Waals surface area (Å²) in [6, 6.07) is 6.84. The molecule has 0 saturated heterocycles. The largest absolute Gasteiger partial charge is 0.382 e. The number of anilines is 1. The lowest BCUT2D eigenvalue weighted by atomic mass is 10.4. The molecule has 0 aliphatic heterocycles. The monoisotopic (exact) mass is 207 g/mol. The third kappa shape index (κ3) is 1.82. The van der Waals surface area contributed by atoms with Gasteiger partial charge in [0.15, 0.2) is 0 Å². The van der Waals surface area contributed by atoms with E-state index in [1.54, 1.807) is 11.3 Å². The van der Waals surface area contributed by atoms with Crippen molar-refractivity contribution in [3.63, 3.8) is 0 Å². The maximum absolute atomic E-state index is 11.3. The summed E-state index contributed by atoms with van der Waals surface area (Å²) in [4.78, 5) is 12.4. The van der Waals surface area contributed by atoms with Crippen LogP contribution in [0.5, 0.6) is 0 Å². The molecule has 2 heterocycles. The molecule has 0 aliphatic carbocycles. The summed E-state index contributed by atoms with van der Waals surface area (Å²) in [6.45, 7) is 0.488. The lowest BCUT2D eigenvalue weighted by molar-refractivity contribution is 0.651. The molecule has 0 radical (unpaired) electrons. The minimum absolute atomic E-state index is 0.132. The zero-order valence-corrected chi connectivity index (χ0v) is 8.20. The van der Waals surface area contributed by atoms with E-state index in [9.17, 15) is 4.79 Å². The van der Waals surface area contributed by atoms with Gasteiger partial charge >= 0.3 is 0 Å². The molecule has 2 N–H and O–H groups in total. The summed E-state index contributed by atoms with van der Waals surface area (Å²) in [6.07, 6.45) is 0.